The molecule has 19 heavy (non-hydrogen) atoms. The Morgan fingerprint density at radius 2 is 2.21 bits per heavy atom. The van der Waals surface area contributed by atoms with Gasteiger partial charge < -0.3 is 10.1 Å². The van der Waals surface area contributed by atoms with Gasteiger partial charge in [-0.05, 0) is 62.3 Å². The maximum absolute atomic E-state index is 5.78. The molecule has 104 valence electrons. The molecule has 2 atom stereocenters. The number of fused-ring (bicyclic) bond motifs is 1. The second kappa shape index (κ2) is 6.38. The Balaban J connectivity index is 1.51. The molecule has 2 aliphatic rings. The van der Waals surface area contributed by atoms with E-state index in [2.05, 4.69) is 39.4 Å². The smallest absolute Gasteiger partial charge is 0.0587 e. The molecule has 0 bridgehead atoms. The largest absolute Gasteiger partial charge is 0.378 e. The molecule has 0 aromatic heterocycles. The summed E-state index contributed by atoms with van der Waals surface area (Å²) in [5.74, 6) is 0. The summed E-state index contributed by atoms with van der Waals surface area (Å²) in [5.41, 5.74) is 2.98. The molecule has 1 aliphatic heterocycles. The van der Waals surface area contributed by atoms with Crippen molar-refractivity contribution in [2.45, 2.75) is 50.7 Å². The molecule has 1 aromatic rings. The molecule has 1 aliphatic carbocycles. The molecular formula is C16H22BrNO. The minimum absolute atomic E-state index is 0.490. The van der Waals surface area contributed by atoms with Gasteiger partial charge in [-0.2, -0.15) is 0 Å². The molecule has 1 aromatic carbocycles. The van der Waals surface area contributed by atoms with E-state index in [1.807, 2.05) is 0 Å². The van der Waals surface area contributed by atoms with Crippen LogP contribution in [0.5, 0.6) is 0 Å². The highest BCUT2D eigenvalue weighted by Crippen LogP contribution is 2.35. The van der Waals surface area contributed by atoms with Gasteiger partial charge in [-0.3, -0.25) is 0 Å². The quantitative estimate of drug-likeness (QED) is 0.904. The molecule has 2 unspecified atom stereocenters. The van der Waals surface area contributed by atoms with Crippen molar-refractivity contribution in [3.05, 3.63) is 33.8 Å². The van der Waals surface area contributed by atoms with E-state index in [0.29, 0.717) is 12.1 Å². The van der Waals surface area contributed by atoms with Gasteiger partial charge in [0.2, 0.25) is 0 Å². The third kappa shape index (κ3) is 3.21. The van der Waals surface area contributed by atoms with Crippen molar-refractivity contribution in [1.82, 2.24) is 5.32 Å². The van der Waals surface area contributed by atoms with Gasteiger partial charge in [0.05, 0.1) is 6.10 Å². The fourth-order valence-electron chi connectivity index (χ4n) is 3.28. The first kappa shape index (κ1) is 13.6. The highest BCUT2D eigenvalue weighted by Gasteiger charge is 2.23. The van der Waals surface area contributed by atoms with Gasteiger partial charge in [-0.25, -0.2) is 0 Å². The summed E-state index contributed by atoms with van der Waals surface area (Å²) in [6.45, 7) is 2.03. The minimum Gasteiger partial charge on any atom is -0.378 e. The number of hydrogen-bond donors (Lipinski definition) is 1. The van der Waals surface area contributed by atoms with E-state index in [4.69, 9.17) is 4.74 Å². The Morgan fingerprint density at radius 3 is 3.05 bits per heavy atom. The van der Waals surface area contributed by atoms with Crippen molar-refractivity contribution in [2.75, 3.05) is 13.2 Å². The molecule has 0 radical (unpaired) electrons. The van der Waals surface area contributed by atoms with Crippen LogP contribution in [0.2, 0.25) is 0 Å². The summed E-state index contributed by atoms with van der Waals surface area (Å²) < 4.78 is 7.05. The van der Waals surface area contributed by atoms with Crippen molar-refractivity contribution in [2.24, 2.45) is 0 Å². The van der Waals surface area contributed by atoms with Crippen molar-refractivity contribution in [3.8, 4) is 0 Å². The van der Waals surface area contributed by atoms with Crippen molar-refractivity contribution >= 4 is 15.9 Å². The number of rotatable bonds is 4. The zero-order valence-electron chi connectivity index (χ0n) is 11.3. The number of benzene rings is 1. The predicted molar refractivity (Wildman–Crippen MR) is 81.4 cm³/mol. The Bertz CT molecular complexity index is 429. The molecule has 3 heteroatoms. The molecule has 0 spiro atoms. The average molecular weight is 324 g/mol. The fraction of sp³-hybridized carbons (Fsp3) is 0.625. The van der Waals surface area contributed by atoms with Crippen LogP contribution in [0.15, 0.2) is 22.7 Å². The number of hydrogen-bond acceptors (Lipinski definition) is 2. The van der Waals surface area contributed by atoms with Crippen LogP contribution < -0.4 is 5.32 Å². The SMILES string of the molecule is Brc1cccc2c1CCC2NCCC1CCCCO1. The standard InChI is InChI=1S/C16H22BrNO/c17-15-6-3-5-14-13(15)7-8-16(14)18-10-9-12-4-1-2-11-19-12/h3,5-6,12,16,18H,1-2,4,7-11H2. The number of halogens is 1. The highest BCUT2D eigenvalue weighted by atomic mass is 79.9. The molecule has 1 heterocycles. The molecule has 3 rings (SSSR count). The summed E-state index contributed by atoms with van der Waals surface area (Å²) in [6.07, 6.45) is 7.88. The van der Waals surface area contributed by atoms with Crippen LogP contribution in [0, 0.1) is 0 Å². The Labute approximate surface area is 124 Å². The second-order valence-electron chi connectivity index (χ2n) is 5.63. The van der Waals surface area contributed by atoms with Crippen LogP contribution in [0.3, 0.4) is 0 Å². The van der Waals surface area contributed by atoms with Crippen LogP contribution in [0.1, 0.15) is 49.3 Å². The van der Waals surface area contributed by atoms with E-state index < -0.39 is 0 Å². The molecule has 0 amide bonds. The van der Waals surface area contributed by atoms with Crippen LogP contribution in [-0.2, 0) is 11.2 Å². The molecular weight excluding hydrogens is 302 g/mol. The number of ether oxygens (including phenoxy) is 1. The van der Waals surface area contributed by atoms with E-state index in [-0.39, 0.29) is 0 Å². The van der Waals surface area contributed by atoms with Crippen molar-refractivity contribution < 1.29 is 4.74 Å². The lowest BCUT2D eigenvalue weighted by Crippen LogP contribution is -2.27. The lowest BCUT2D eigenvalue weighted by molar-refractivity contribution is 0.0112. The van der Waals surface area contributed by atoms with Gasteiger partial charge in [0, 0.05) is 17.1 Å². The van der Waals surface area contributed by atoms with Gasteiger partial charge in [0.1, 0.15) is 0 Å². The third-order valence-electron chi connectivity index (χ3n) is 4.34. The summed E-state index contributed by atoms with van der Waals surface area (Å²) in [7, 11) is 0. The maximum Gasteiger partial charge on any atom is 0.0587 e. The molecule has 1 fully saturated rings. The fourth-order valence-corrected chi connectivity index (χ4v) is 3.86. The number of nitrogens with one attached hydrogen (secondary N) is 1. The summed E-state index contributed by atoms with van der Waals surface area (Å²) in [6, 6.07) is 7.10. The van der Waals surface area contributed by atoms with Gasteiger partial charge in [0.15, 0.2) is 0 Å². The van der Waals surface area contributed by atoms with E-state index in [1.54, 1.807) is 0 Å². The average Bonchev–Trinajstić information content (AvgIpc) is 2.85. The topological polar surface area (TPSA) is 21.3 Å². The Morgan fingerprint density at radius 1 is 1.26 bits per heavy atom. The van der Waals surface area contributed by atoms with Crippen molar-refractivity contribution in [3.63, 3.8) is 0 Å². The van der Waals surface area contributed by atoms with Crippen molar-refractivity contribution in [1.29, 1.82) is 0 Å². The summed E-state index contributed by atoms with van der Waals surface area (Å²) >= 11 is 3.66. The van der Waals surface area contributed by atoms with Gasteiger partial charge in [0.25, 0.3) is 0 Å². The van der Waals surface area contributed by atoms with E-state index >= 15 is 0 Å². The lowest BCUT2D eigenvalue weighted by atomic mass is 10.1. The van der Waals surface area contributed by atoms with E-state index in [0.717, 1.165) is 19.6 Å². The van der Waals surface area contributed by atoms with Gasteiger partial charge in [-0.15, -0.1) is 0 Å². The van der Waals surface area contributed by atoms with E-state index in [1.165, 1.54) is 47.7 Å². The summed E-state index contributed by atoms with van der Waals surface area (Å²) in [4.78, 5) is 0. The lowest BCUT2D eigenvalue weighted by Gasteiger charge is -2.23. The van der Waals surface area contributed by atoms with Crippen LogP contribution in [0.4, 0.5) is 0 Å². The Hall–Kier alpha value is -0.380. The molecule has 1 N–H and O–H groups in total. The van der Waals surface area contributed by atoms with Gasteiger partial charge in [-0.1, -0.05) is 28.1 Å². The molecule has 2 nitrogen and oxygen atoms in total. The highest BCUT2D eigenvalue weighted by molar-refractivity contribution is 9.10. The van der Waals surface area contributed by atoms with Crippen LogP contribution in [-0.4, -0.2) is 19.3 Å². The first-order chi connectivity index (χ1) is 9.34. The predicted octanol–water partition coefficient (Wildman–Crippen LogP) is 3.99. The van der Waals surface area contributed by atoms with Gasteiger partial charge >= 0.3 is 0 Å². The molecule has 1 saturated heterocycles. The summed E-state index contributed by atoms with van der Waals surface area (Å²) in [5, 5.41) is 3.71. The minimum atomic E-state index is 0.490. The first-order valence-electron chi connectivity index (χ1n) is 7.47. The van der Waals surface area contributed by atoms with Crippen LogP contribution in [0.25, 0.3) is 0 Å². The van der Waals surface area contributed by atoms with E-state index in [9.17, 15) is 0 Å². The zero-order chi connectivity index (χ0) is 13.1. The monoisotopic (exact) mass is 323 g/mol. The second-order valence-corrected chi connectivity index (χ2v) is 6.48. The normalized spacial score (nSPS) is 26.4. The Kier molecular flexibility index (Phi) is 4.57. The molecule has 0 saturated carbocycles. The first-order valence-corrected chi connectivity index (χ1v) is 8.26. The maximum atomic E-state index is 5.78. The third-order valence-corrected chi connectivity index (χ3v) is 5.09. The van der Waals surface area contributed by atoms with Crippen LogP contribution >= 0.6 is 15.9 Å². The zero-order valence-corrected chi connectivity index (χ0v) is 12.9.